The maximum atomic E-state index is 6.16. The molecule has 0 atom stereocenters. The van der Waals surface area contributed by atoms with Gasteiger partial charge in [-0.05, 0) is 30.5 Å². The van der Waals surface area contributed by atoms with E-state index in [1.54, 1.807) is 0 Å². The molecule has 21 heavy (non-hydrogen) atoms. The molecule has 5 heteroatoms. The first-order valence-electron chi connectivity index (χ1n) is 7.37. The zero-order valence-electron chi connectivity index (χ0n) is 11.9. The average Bonchev–Trinajstić information content (AvgIpc) is 2.76. The first-order chi connectivity index (χ1) is 10.2. The minimum absolute atomic E-state index is 0.544. The van der Waals surface area contributed by atoms with Crippen LogP contribution in [0.3, 0.4) is 0 Å². The highest BCUT2D eigenvalue weighted by atomic mass is 79.9. The molecule has 0 aliphatic carbocycles. The van der Waals surface area contributed by atoms with Crippen molar-refractivity contribution >= 4 is 27.7 Å². The van der Waals surface area contributed by atoms with Gasteiger partial charge in [-0.2, -0.15) is 4.98 Å². The van der Waals surface area contributed by atoms with E-state index in [4.69, 9.17) is 5.73 Å². The molecule has 1 fully saturated rings. The van der Waals surface area contributed by atoms with Gasteiger partial charge in [0.15, 0.2) is 0 Å². The molecule has 4 nitrogen and oxygen atoms in total. The van der Waals surface area contributed by atoms with Crippen LogP contribution in [-0.4, -0.2) is 23.1 Å². The van der Waals surface area contributed by atoms with Crippen LogP contribution in [0, 0.1) is 0 Å². The Kier molecular flexibility index (Phi) is 4.39. The van der Waals surface area contributed by atoms with E-state index >= 15 is 0 Å². The number of rotatable bonds is 2. The monoisotopic (exact) mass is 346 g/mol. The van der Waals surface area contributed by atoms with E-state index in [1.165, 1.54) is 25.7 Å². The first-order valence-corrected chi connectivity index (χ1v) is 8.17. The van der Waals surface area contributed by atoms with Crippen LogP contribution in [0.2, 0.25) is 0 Å². The summed E-state index contributed by atoms with van der Waals surface area (Å²) in [6.45, 7) is 2.05. The van der Waals surface area contributed by atoms with Gasteiger partial charge in [-0.3, -0.25) is 0 Å². The smallest absolute Gasteiger partial charge is 0.227 e. The Morgan fingerprint density at radius 1 is 1.10 bits per heavy atom. The molecule has 1 aliphatic rings. The molecule has 2 heterocycles. The van der Waals surface area contributed by atoms with Crippen LogP contribution in [0.25, 0.3) is 11.1 Å². The second kappa shape index (κ2) is 6.43. The predicted molar refractivity (Wildman–Crippen MR) is 90.3 cm³/mol. The first kappa shape index (κ1) is 14.3. The number of anilines is 2. The summed E-state index contributed by atoms with van der Waals surface area (Å²) >= 11 is 3.48. The third-order valence-electron chi connectivity index (χ3n) is 3.83. The molecule has 2 N–H and O–H groups in total. The average molecular weight is 347 g/mol. The minimum atomic E-state index is 0.544. The van der Waals surface area contributed by atoms with E-state index in [0.717, 1.165) is 34.6 Å². The van der Waals surface area contributed by atoms with E-state index < -0.39 is 0 Å². The van der Waals surface area contributed by atoms with Crippen LogP contribution in [0.15, 0.2) is 34.9 Å². The SMILES string of the molecule is Nc1nc(N2CCCCCC2)ncc1-c1cccc(Br)c1. The van der Waals surface area contributed by atoms with Gasteiger partial charge >= 0.3 is 0 Å². The van der Waals surface area contributed by atoms with Crippen molar-refractivity contribution in [3.8, 4) is 11.1 Å². The predicted octanol–water partition coefficient (Wildman–Crippen LogP) is 3.87. The molecular formula is C16H19BrN4. The lowest BCUT2D eigenvalue weighted by atomic mass is 10.1. The fraction of sp³-hybridized carbons (Fsp3) is 0.375. The van der Waals surface area contributed by atoms with Gasteiger partial charge in [0.1, 0.15) is 5.82 Å². The summed E-state index contributed by atoms with van der Waals surface area (Å²) in [6, 6.07) is 8.03. The minimum Gasteiger partial charge on any atom is -0.383 e. The third-order valence-corrected chi connectivity index (χ3v) is 4.32. The Labute approximate surface area is 133 Å². The molecule has 0 bridgehead atoms. The summed E-state index contributed by atoms with van der Waals surface area (Å²) in [4.78, 5) is 11.3. The standard InChI is InChI=1S/C16H19BrN4/c17-13-7-5-6-12(10-13)14-11-19-16(20-15(14)18)21-8-3-1-2-4-9-21/h5-7,10-11H,1-4,8-9H2,(H2,18,19,20). The number of nitrogens with two attached hydrogens (primary N) is 1. The van der Waals surface area contributed by atoms with Crippen LogP contribution >= 0.6 is 15.9 Å². The molecule has 110 valence electrons. The molecule has 0 saturated carbocycles. The molecule has 3 rings (SSSR count). The largest absolute Gasteiger partial charge is 0.383 e. The van der Waals surface area contributed by atoms with Crippen molar-refractivity contribution in [3.63, 3.8) is 0 Å². The Morgan fingerprint density at radius 3 is 2.52 bits per heavy atom. The normalized spacial score (nSPS) is 15.8. The number of benzene rings is 1. The van der Waals surface area contributed by atoms with Gasteiger partial charge in [0.25, 0.3) is 0 Å². The van der Waals surface area contributed by atoms with Gasteiger partial charge in [-0.1, -0.05) is 40.9 Å². The Bertz CT molecular complexity index is 621. The molecule has 0 unspecified atom stereocenters. The highest BCUT2D eigenvalue weighted by Crippen LogP contribution is 2.28. The van der Waals surface area contributed by atoms with Crippen molar-refractivity contribution in [2.45, 2.75) is 25.7 Å². The van der Waals surface area contributed by atoms with Crippen molar-refractivity contribution < 1.29 is 0 Å². The maximum absolute atomic E-state index is 6.16. The number of aromatic nitrogens is 2. The van der Waals surface area contributed by atoms with Gasteiger partial charge in [-0.15, -0.1) is 0 Å². The summed E-state index contributed by atoms with van der Waals surface area (Å²) in [7, 11) is 0. The van der Waals surface area contributed by atoms with Crippen LogP contribution in [0.1, 0.15) is 25.7 Å². The molecule has 0 radical (unpaired) electrons. The number of nitrogens with zero attached hydrogens (tertiary/aromatic N) is 3. The van der Waals surface area contributed by atoms with Crippen molar-refractivity contribution in [2.75, 3.05) is 23.7 Å². The topological polar surface area (TPSA) is 55.0 Å². The number of halogens is 1. The zero-order chi connectivity index (χ0) is 14.7. The molecular weight excluding hydrogens is 328 g/mol. The molecule has 1 aliphatic heterocycles. The molecule has 1 aromatic heterocycles. The highest BCUT2D eigenvalue weighted by molar-refractivity contribution is 9.10. The van der Waals surface area contributed by atoms with E-state index in [1.807, 2.05) is 30.5 Å². The van der Waals surface area contributed by atoms with Crippen molar-refractivity contribution in [3.05, 3.63) is 34.9 Å². The van der Waals surface area contributed by atoms with Crippen molar-refractivity contribution in [1.29, 1.82) is 0 Å². The number of nitrogen functional groups attached to an aromatic ring is 1. The molecule has 0 amide bonds. The number of hydrogen-bond acceptors (Lipinski definition) is 4. The summed E-state index contributed by atoms with van der Waals surface area (Å²) in [5.74, 6) is 1.30. The highest BCUT2D eigenvalue weighted by Gasteiger charge is 2.14. The lowest BCUT2D eigenvalue weighted by Crippen LogP contribution is -2.26. The van der Waals surface area contributed by atoms with E-state index in [9.17, 15) is 0 Å². The Morgan fingerprint density at radius 2 is 1.86 bits per heavy atom. The van der Waals surface area contributed by atoms with E-state index in [2.05, 4.69) is 30.8 Å². The Hall–Kier alpha value is -1.62. The van der Waals surface area contributed by atoms with E-state index in [-0.39, 0.29) is 0 Å². The molecule has 1 saturated heterocycles. The Balaban J connectivity index is 1.89. The summed E-state index contributed by atoms with van der Waals surface area (Å²) < 4.78 is 1.02. The lowest BCUT2D eigenvalue weighted by Gasteiger charge is -2.20. The third kappa shape index (κ3) is 3.35. The summed E-state index contributed by atoms with van der Waals surface area (Å²) in [5, 5.41) is 0. The molecule has 1 aromatic carbocycles. The van der Waals surface area contributed by atoms with Gasteiger partial charge in [0.2, 0.25) is 5.95 Å². The fourth-order valence-electron chi connectivity index (χ4n) is 2.69. The van der Waals surface area contributed by atoms with Gasteiger partial charge in [0.05, 0.1) is 0 Å². The van der Waals surface area contributed by atoms with Gasteiger partial charge < -0.3 is 10.6 Å². The van der Waals surface area contributed by atoms with Gasteiger partial charge in [-0.25, -0.2) is 4.98 Å². The molecule has 0 spiro atoms. The fourth-order valence-corrected chi connectivity index (χ4v) is 3.09. The van der Waals surface area contributed by atoms with Crippen molar-refractivity contribution in [1.82, 2.24) is 9.97 Å². The second-order valence-corrected chi connectivity index (χ2v) is 6.30. The molecule has 2 aromatic rings. The van der Waals surface area contributed by atoms with Crippen LogP contribution < -0.4 is 10.6 Å². The van der Waals surface area contributed by atoms with Gasteiger partial charge in [0, 0.05) is 29.3 Å². The van der Waals surface area contributed by atoms with E-state index in [0.29, 0.717) is 5.82 Å². The quantitative estimate of drug-likeness (QED) is 0.896. The second-order valence-electron chi connectivity index (χ2n) is 5.38. The maximum Gasteiger partial charge on any atom is 0.227 e. The zero-order valence-corrected chi connectivity index (χ0v) is 13.5. The summed E-state index contributed by atoms with van der Waals surface area (Å²) in [5.41, 5.74) is 8.07. The number of hydrogen-bond donors (Lipinski definition) is 1. The van der Waals surface area contributed by atoms with Crippen LogP contribution in [0.5, 0.6) is 0 Å². The summed E-state index contributed by atoms with van der Waals surface area (Å²) in [6.07, 6.45) is 6.84. The lowest BCUT2D eigenvalue weighted by molar-refractivity contribution is 0.726. The van der Waals surface area contributed by atoms with Crippen LogP contribution in [-0.2, 0) is 0 Å². The van der Waals surface area contributed by atoms with Crippen LogP contribution in [0.4, 0.5) is 11.8 Å². The van der Waals surface area contributed by atoms with Crippen molar-refractivity contribution in [2.24, 2.45) is 0 Å².